The van der Waals surface area contributed by atoms with Gasteiger partial charge in [-0.2, -0.15) is 0 Å². The highest BCUT2D eigenvalue weighted by molar-refractivity contribution is 7.89. The van der Waals surface area contributed by atoms with E-state index in [9.17, 15) is 13.5 Å². The number of nitrogens with one attached hydrogen (secondary N) is 2. The average Bonchev–Trinajstić information content (AvgIpc) is 2.56. The number of pyridine rings is 1. The lowest BCUT2D eigenvalue weighted by molar-refractivity contribution is 0.477. The van der Waals surface area contributed by atoms with Crippen molar-refractivity contribution in [2.24, 2.45) is 5.14 Å². The van der Waals surface area contributed by atoms with Gasteiger partial charge in [-0.1, -0.05) is 12.1 Å². The smallest absolute Gasteiger partial charge is 0.238 e. The first-order valence-corrected chi connectivity index (χ1v) is 9.06. The Kier molecular flexibility index (Phi) is 4.53. The number of phenols is 1. The first-order valence-electron chi connectivity index (χ1n) is 7.11. The van der Waals surface area contributed by atoms with Gasteiger partial charge >= 0.3 is 0 Å². The summed E-state index contributed by atoms with van der Waals surface area (Å²) >= 11 is 5.25. The number of primary sulfonamides is 1. The van der Waals surface area contributed by atoms with Gasteiger partial charge in [0, 0.05) is 28.9 Å². The van der Waals surface area contributed by atoms with E-state index in [1.807, 2.05) is 24.3 Å². The molecule has 5 N–H and O–H groups in total. The maximum absolute atomic E-state index is 11.4. The fraction of sp³-hybridized carbons (Fsp3) is 0. The maximum Gasteiger partial charge on any atom is 0.238 e. The highest BCUT2D eigenvalue weighted by Crippen LogP contribution is 2.27. The summed E-state index contributed by atoms with van der Waals surface area (Å²) in [5, 5.41) is 22.8. The van der Waals surface area contributed by atoms with E-state index in [4.69, 9.17) is 17.4 Å². The van der Waals surface area contributed by atoms with Gasteiger partial charge in [0.05, 0.1) is 10.6 Å². The third-order valence-electron chi connectivity index (χ3n) is 3.47. The molecule has 0 saturated carbocycles. The number of aromatic nitrogens is 1. The number of benzene rings is 2. The van der Waals surface area contributed by atoms with Gasteiger partial charge in [-0.15, -0.1) is 0 Å². The predicted molar refractivity (Wildman–Crippen MR) is 101 cm³/mol. The zero-order valence-corrected chi connectivity index (χ0v) is 14.4. The van der Waals surface area contributed by atoms with Crippen LogP contribution >= 0.6 is 12.2 Å². The molecule has 0 aliphatic heterocycles. The largest absolute Gasteiger partial charge is 0.506 e. The fourth-order valence-electron chi connectivity index (χ4n) is 2.30. The van der Waals surface area contributed by atoms with Crippen LogP contribution < -0.4 is 15.8 Å². The molecule has 2 aromatic carbocycles. The number of thiocarbonyl (C=S) groups is 1. The van der Waals surface area contributed by atoms with Crippen LogP contribution in [0.15, 0.2) is 59.8 Å². The maximum atomic E-state index is 11.4. The van der Waals surface area contributed by atoms with E-state index < -0.39 is 10.0 Å². The molecular weight excluding hydrogens is 360 g/mol. The van der Waals surface area contributed by atoms with Crippen molar-refractivity contribution >= 4 is 49.5 Å². The van der Waals surface area contributed by atoms with E-state index in [-0.39, 0.29) is 21.4 Å². The van der Waals surface area contributed by atoms with Crippen LogP contribution in [-0.2, 0) is 10.0 Å². The van der Waals surface area contributed by atoms with Gasteiger partial charge in [0.1, 0.15) is 5.75 Å². The molecule has 0 spiro atoms. The SMILES string of the molecule is NS(=O)(=O)c1ccc(O)c(NC(=S)Nc2cccc3cnccc23)c1. The Labute approximate surface area is 149 Å². The molecule has 25 heavy (non-hydrogen) atoms. The molecule has 3 aromatic rings. The summed E-state index contributed by atoms with van der Waals surface area (Å²) in [7, 11) is -3.89. The van der Waals surface area contributed by atoms with Gasteiger partial charge in [-0.3, -0.25) is 4.98 Å². The lowest BCUT2D eigenvalue weighted by Gasteiger charge is -2.14. The monoisotopic (exact) mass is 374 g/mol. The first-order chi connectivity index (χ1) is 11.8. The summed E-state index contributed by atoms with van der Waals surface area (Å²) in [4.78, 5) is 3.93. The normalized spacial score (nSPS) is 11.2. The average molecular weight is 374 g/mol. The number of nitrogens with two attached hydrogens (primary N) is 1. The van der Waals surface area contributed by atoms with Crippen LogP contribution in [-0.4, -0.2) is 23.6 Å². The van der Waals surface area contributed by atoms with Crippen molar-refractivity contribution in [2.45, 2.75) is 4.90 Å². The van der Waals surface area contributed by atoms with Crippen LogP contribution in [0, 0.1) is 0 Å². The minimum Gasteiger partial charge on any atom is -0.506 e. The molecule has 0 amide bonds. The standard InChI is InChI=1S/C16H14N4O3S2/c17-25(22,23)11-4-5-15(21)14(8-11)20-16(24)19-13-3-1-2-10-9-18-7-6-12(10)13/h1-9,21H,(H2,17,22,23)(H2,19,20,24). The molecule has 0 unspecified atom stereocenters. The molecule has 0 bridgehead atoms. The van der Waals surface area contributed by atoms with Crippen LogP contribution in [0.4, 0.5) is 11.4 Å². The van der Waals surface area contributed by atoms with E-state index in [1.54, 1.807) is 12.4 Å². The van der Waals surface area contributed by atoms with Crippen LogP contribution in [0.1, 0.15) is 0 Å². The number of hydrogen-bond donors (Lipinski definition) is 4. The van der Waals surface area contributed by atoms with Crippen molar-refractivity contribution in [1.29, 1.82) is 0 Å². The van der Waals surface area contributed by atoms with E-state index in [0.29, 0.717) is 0 Å². The molecule has 1 aromatic heterocycles. The zero-order chi connectivity index (χ0) is 18.0. The summed E-state index contributed by atoms with van der Waals surface area (Å²) in [5.41, 5.74) is 0.880. The Morgan fingerprint density at radius 1 is 1.12 bits per heavy atom. The van der Waals surface area contributed by atoms with Crippen molar-refractivity contribution in [3.8, 4) is 5.75 Å². The molecule has 0 atom stereocenters. The molecule has 0 radical (unpaired) electrons. The number of rotatable bonds is 3. The van der Waals surface area contributed by atoms with Gasteiger partial charge in [-0.05, 0) is 42.5 Å². The molecule has 128 valence electrons. The first kappa shape index (κ1) is 17.1. The molecule has 0 aliphatic rings. The molecule has 0 saturated heterocycles. The van der Waals surface area contributed by atoms with Gasteiger partial charge in [-0.25, -0.2) is 13.6 Å². The number of hydrogen-bond acceptors (Lipinski definition) is 5. The number of sulfonamides is 1. The Hall–Kier alpha value is -2.75. The third kappa shape index (κ3) is 3.85. The summed E-state index contributed by atoms with van der Waals surface area (Å²) in [6.45, 7) is 0. The van der Waals surface area contributed by atoms with Crippen molar-refractivity contribution < 1.29 is 13.5 Å². The fourth-order valence-corrected chi connectivity index (χ4v) is 3.06. The Morgan fingerprint density at radius 3 is 2.64 bits per heavy atom. The van der Waals surface area contributed by atoms with Gasteiger partial charge < -0.3 is 15.7 Å². The van der Waals surface area contributed by atoms with Crippen molar-refractivity contribution in [3.63, 3.8) is 0 Å². The second kappa shape index (κ2) is 6.63. The summed E-state index contributed by atoms with van der Waals surface area (Å²) in [6.07, 6.45) is 3.41. The van der Waals surface area contributed by atoms with E-state index in [2.05, 4.69) is 15.6 Å². The van der Waals surface area contributed by atoms with Gasteiger partial charge in [0.25, 0.3) is 0 Å². The van der Waals surface area contributed by atoms with Crippen LogP contribution in [0.2, 0.25) is 0 Å². The minimum atomic E-state index is -3.89. The highest BCUT2D eigenvalue weighted by Gasteiger charge is 2.12. The summed E-state index contributed by atoms with van der Waals surface area (Å²) in [5.74, 6) is -0.154. The Balaban J connectivity index is 1.86. The highest BCUT2D eigenvalue weighted by atomic mass is 32.2. The van der Waals surface area contributed by atoms with Crippen molar-refractivity contribution in [1.82, 2.24) is 4.98 Å². The zero-order valence-electron chi connectivity index (χ0n) is 12.8. The van der Waals surface area contributed by atoms with Crippen LogP contribution in [0.25, 0.3) is 10.8 Å². The second-order valence-corrected chi connectivity index (χ2v) is 7.18. The van der Waals surface area contributed by atoms with E-state index >= 15 is 0 Å². The van der Waals surface area contributed by atoms with Crippen LogP contribution in [0.5, 0.6) is 5.75 Å². The Bertz CT molecular complexity index is 1060. The van der Waals surface area contributed by atoms with Gasteiger partial charge in [0.2, 0.25) is 10.0 Å². The van der Waals surface area contributed by atoms with E-state index in [0.717, 1.165) is 16.5 Å². The molecule has 7 nitrogen and oxygen atoms in total. The van der Waals surface area contributed by atoms with E-state index in [1.165, 1.54) is 18.2 Å². The lowest BCUT2D eigenvalue weighted by atomic mass is 10.1. The number of fused-ring (bicyclic) bond motifs is 1. The topological polar surface area (TPSA) is 117 Å². The molecule has 9 heteroatoms. The molecule has 0 aliphatic carbocycles. The minimum absolute atomic E-state index is 0.130. The number of aromatic hydroxyl groups is 1. The Morgan fingerprint density at radius 2 is 1.88 bits per heavy atom. The molecule has 1 heterocycles. The molecular formula is C16H14N4O3S2. The quantitative estimate of drug-likeness (QED) is 0.411. The summed E-state index contributed by atoms with van der Waals surface area (Å²) < 4.78 is 22.9. The summed E-state index contributed by atoms with van der Waals surface area (Å²) in [6, 6.07) is 11.1. The number of phenolic OH excluding ortho intramolecular Hbond substituents is 1. The van der Waals surface area contributed by atoms with Gasteiger partial charge in [0.15, 0.2) is 5.11 Å². The third-order valence-corrected chi connectivity index (χ3v) is 4.59. The second-order valence-electron chi connectivity index (χ2n) is 5.21. The van der Waals surface area contributed by atoms with Crippen LogP contribution in [0.3, 0.4) is 0 Å². The molecule has 0 fully saturated rings. The predicted octanol–water partition coefficient (Wildman–Crippen LogP) is 2.40. The number of nitrogens with zero attached hydrogens (tertiary/aromatic N) is 1. The molecule has 3 rings (SSSR count). The van der Waals surface area contributed by atoms with Crippen molar-refractivity contribution in [3.05, 3.63) is 54.9 Å². The number of anilines is 2. The lowest BCUT2D eigenvalue weighted by Crippen LogP contribution is -2.20. The van der Waals surface area contributed by atoms with Crippen molar-refractivity contribution in [2.75, 3.05) is 10.6 Å².